The van der Waals surface area contributed by atoms with Gasteiger partial charge in [-0.15, -0.1) is 0 Å². The number of carbonyl (C=O) groups excluding carboxylic acids is 1. The number of rotatable bonds is 6. The summed E-state index contributed by atoms with van der Waals surface area (Å²) in [6, 6.07) is 32.0. The maximum atomic E-state index is 13.9. The van der Waals surface area contributed by atoms with E-state index in [9.17, 15) is 4.79 Å². The molecule has 1 amide bonds. The van der Waals surface area contributed by atoms with Crippen LogP contribution in [0.15, 0.2) is 97.1 Å². The zero-order chi connectivity index (χ0) is 25.9. The number of hydrogen-bond acceptors (Lipinski definition) is 5. The van der Waals surface area contributed by atoms with E-state index in [1.807, 2.05) is 77.7 Å². The molecule has 38 heavy (non-hydrogen) atoms. The normalized spacial score (nSPS) is 14.1. The first-order valence-corrected chi connectivity index (χ1v) is 12.8. The molecule has 0 atom stereocenters. The second-order valence-corrected chi connectivity index (χ2v) is 9.47. The number of nitrogens with zero attached hydrogens (tertiary/aromatic N) is 5. The van der Waals surface area contributed by atoms with E-state index in [1.54, 1.807) is 11.6 Å². The predicted molar refractivity (Wildman–Crippen MR) is 148 cm³/mol. The van der Waals surface area contributed by atoms with Crippen molar-refractivity contribution in [2.24, 2.45) is 0 Å². The Hall–Kier alpha value is -4.49. The van der Waals surface area contributed by atoms with Gasteiger partial charge in [0.05, 0.1) is 18.5 Å². The number of ether oxygens (including phenoxy) is 1. The first-order chi connectivity index (χ1) is 18.7. The highest BCUT2D eigenvalue weighted by atomic mass is 16.5. The van der Waals surface area contributed by atoms with Crippen LogP contribution in [0.3, 0.4) is 0 Å². The number of aromatic nitrogens is 3. The summed E-state index contributed by atoms with van der Waals surface area (Å²) in [7, 11) is 1.65. The van der Waals surface area contributed by atoms with E-state index >= 15 is 0 Å². The van der Waals surface area contributed by atoms with Gasteiger partial charge in [0.2, 0.25) is 0 Å². The summed E-state index contributed by atoms with van der Waals surface area (Å²) in [5.74, 6) is 0.740. The van der Waals surface area contributed by atoms with Crippen molar-refractivity contribution < 1.29 is 9.53 Å². The first kappa shape index (κ1) is 23.9. The zero-order valence-corrected chi connectivity index (χ0v) is 21.3. The molecule has 3 heterocycles. The summed E-state index contributed by atoms with van der Waals surface area (Å²) in [5.41, 5.74) is 5.85. The summed E-state index contributed by atoms with van der Waals surface area (Å²) >= 11 is 0. The van der Waals surface area contributed by atoms with Gasteiger partial charge < -0.3 is 9.64 Å². The Balaban J connectivity index is 1.32. The van der Waals surface area contributed by atoms with Crippen molar-refractivity contribution in [1.82, 2.24) is 24.4 Å². The van der Waals surface area contributed by atoms with Crippen LogP contribution in [-0.4, -0.2) is 63.6 Å². The van der Waals surface area contributed by atoms with Crippen LogP contribution in [-0.2, 0) is 6.54 Å². The van der Waals surface area contributed by atoms with Crippen molar-refractivity contribution in [2.45, 2.75) is 6.54 Å². The van der Waals surface area contributed by atoms with Crippen molar-refractivity contribution in [3.63, 3.8) is 0 Å². The van der Waals surface area contributed by atoms with Crippen molar-refractivity contribution in [3.8, 4) is 28.3 Å². The molecule has 7 nitrogen and oxygen atoms in total. The second kappa shape index (κ2) is 10.5. The van der Waals surface area contributed by atoms with Crippen LogP contribution in [0.25, 0.3) is 28.2 Å². The fraction of sp³-hybridized carbons (Fsp3) is 0.194. The SMILES string of the molecule is COc1ccc(-c2cc(C(=O)N3CCN(Cc4ccccc4)CC3)n3nc(-c4ccccc4)cc3n2)cc1. The van der Waals surface area contributed by atoms with Crippen molar-refractivity contribution in [1.29, 1.82) is 0 Å². The molecule has 0 saturated carbocycles. The highest BCUT2D eigenvalue weighted by Crippen LogP contribution is 2.26. The van der Waals surface area contributed by atoms with Crippen LogP contribution in [0.4, 0.5) is 0 Å². The van der Waals surface area contributed by atoms with E-state index in [0.29, 0.717) is 24.4 Å². The minimum absolute atomic E-state index is 0.0331. The lowest BCUT2D eigenvalue weighted by Gasteiger charge is -2.34. The molecule has 7 heteroatoms. The molecule has 0 unspecified atom stereocenters. The lowest BCUT2D eigenvalue weighted by atomic mass is 10.1. The average Bonchev–Trinajstić information content (AvgIpc) is 3.42. The third-order valence-corrected chi connectivity index (χ3v) is 7.01. The third kappa shape index (κ3) is 4.88. The summed E-state index contributed by atoms with van der Waals surface area (Å²) in [5, 5.41) is 4.81. The van der Waals surface area contributed by atoms with Gasteiger partial charge in [-0.25, -0.2) is 9.50 Å². The molecular formula is C31H29N5O2. The molecule has 1 aliphatic rings. The van der Waals surface area contributed by atoms with Crippen LogP contribution in [0, 0.1) is 0 Å². The molecule has 6 rings (SSSR count). The molecule has 0 aliphatic carbocycles. The van der Waals surface area contributed by atoms with Crippen LogP contribution in [0.5, 0.6) is 5.75 Å². The van der Waals surface area contributed by atoms with Gasteiger partial charge in [-0.1, -0.05) is 60.7 Å². The lowest BCUT2D eigenvalue weighted by molar-refractivity contribution is 0.0620. The van der Waals surface area contributed by atoms with Crippen LogP contribution >= 0.6 is 0 Å². The van der Waals surface area contributed by atoms with Gasteiger partial charge in [0, 0.05) is 49.9 Å². The Morgan fingerprint density at radius 2 is 1.45 bits per heavy atom. The molecule has 0 bridgehead atoms. The maximum Gasteiger partial charge on any atom is 0.272 e. The zero-order valence-electron chi connectivity index (χ0n) is 21.3. The van der Waals surface area contributed by atoms with Gasteiger partial charge in [-0.05, 0) is 35.9 Å². The number of benzene rings is 3. The molecule has 0 spiro atoms. The van der Waals surface area contributed by atoms with Gasteiger partial charge in [-0.2, -0.15) is 5.10 Å². The highest BCUT2D eigenvalue weighted by molar-refractivity contribution is 5.94. The third-order valence-electron chi connectivity index (χ3n) is 7.01. The molecule has 1 fully saturated rings. The monoisotopic (exact) mass is 503 g/mol. The molecule has 0 radical (unpaired) electrons. The average molecular weight is 504 g/mol. The Morgan fingerprint density at radius 1 is 0.789 bits per heavy atom. The molecule has 190 valence electrons. The van der Waals surface area contributed by atoms with Crippen molar-refractivity contribution in [2.75, 3.05) is 33.3 Å². The van der Waals surface area contributed by atoms with Crippen LogP contribution < -0.4 is 4.74 Å². The van der Waals surface area contributed by atoms with E-state index in [-0.39, 0.29) is 5.91 Å². The molecular weight excluding hydrogens is 474 g/mol. The number of carbonyl (C=O) groups is 1. The van der Waals surface area contributed by atoms with Crippen LogP contribution in [0.1, 0.15) is 16.1 Å². The Labute approximate surface area is 221 Å². The largest absolute Gasteiger partial charge is 0.497 e. The Kier molecular flexibility index (Phi) is 6.58. The number of hydrogen-bond donors (Lipinski definition) is 0. The quantitative estimate of drug-likeness (QED) is 0.325. The fourth-order valence-corrected chi connectivity index (χ4v) is 4.90. The van der Waals surface area contributed by atoms with Crippen molar-refractivity contribution >= 4 is 11.6 Å². The maximum absolute atomic E-state index is 13.9. The smallest absolute Gasteiger partial charge is 0.272 e. The van der Waals surface area contributed by atoms with E-state index in [2.05, 4.69) is 29.2 Å². The highest BCUT2D eigenvalue weighted by Gasteiger charge is 2.26. The van der Waals surface area contributed by atoms with Gasteiger partial charge >= 0.3 is 0 Å². The first-order valence-electron chi connectivity index (χ1n) is 12.8. The number of fused-ring (bicyclic) bond motifs is 1. The Morgan fingerprint density at radius 3 is 2.13 bits per heavy atom. The molecule has 5 aromatic rings. The number of piperazine rings is 1. The number of methoxy groups -OCH3 is 1. The summed E-state index contributed by atoms with van der Waals surface area (Å²) in [6.07, 6.45) is 0. The van der Waals surface area contributed by atoms with Gasteiger partial charge in [0.25, 0.3) is 5.91 Å². The molecule has 1 saturated heterocycles. The fourth-order valence-electron chi connectivity index (χ4n) is 4.90. The van der Waals surface area contributed by atoms with E-state index in [4.69, 9.17) is 14.8 Å². The topological polar surface area (TPSA) is 63.0 Å². The van der Waals surface area contributed by atoms with E-state index < -0.39 is 0 Å². The van der Waals surface area contributed by atoms with E-state index in [0.717, 1.165) is 47.9 Å². The van der Waals surface area contributed by atoms with Crippen molar-refractivity contribution in [3.05, 3.63) is 108 Å². The standard InChI is InChI=1S/C31H29N5O2/c1-38-26-14-12-25(13-15-26)27-20-29(36-30(32-27)21-28(33-36)24-10-6-3-7-11-24)31(37)35-18-16-34(17-19-35)22-23-8-4-2-5-9-23/h2-15,20-21H,16-19,22H2,1H3. The molecule has 0 N–H and O–H groups in total. The van der Waals surface area contributed by atoms with Crippen LogP contribution in [0.2, 0.25) is 0 Å². The van der Waals surface area contributed by atoms with Gasteiger partial charge in [0.1, 0.15) is 11.4 Å². The molecule has 2 aromatic heterocycles. The second-order valence-electron chi connectivity index (χ2n) is 9.47. The molecule has 1 aliphatic heterocycles. The Bertz CT molecular complexity index is 1540. The summed E-state index contributed by atoms with van der Waals surface area (Å²) in [4.78, 5) is 23.1. The summed E-state index contributed by atoms with van der Waals surface area (Å²) in [6.45, 7) is 3.88. The lowest BCUT2D eigenvalue weighted by Crippen LogP contribution is -2.48. The van der Waals surface area contributed by atoms with Gasteiger partial charge in [-0.3, -0.25) is 9.69 Å². The predicted octanol–water partition coefficient (Wildman–Crippen LogP) is 5.03. The minimum atomic E-state index is -0.0331. The summed E-state index contributed by atoms with van der Waals surface area (Å²) < 4.78 is 7.00. The number of amides is 1. The van der Waals surface area contributed by atoms with Gasteiger partial charge in [0.15, 0.2) is 5.65 Å². The minimum Gasteiger partial charge on any atom is -0.497 e. The van der Waals surface area contributed by atoms with E-state index in [1.165, 1.54) is 5.56 Å². The molecule has 3 aromatic carbocycles.